The van der Waals surface area contributed by atoms with Gasteiger partial charge in [0.25, 0.3) is 5.91 Å². The van der Waals surface area contributed by atoms with Crippen molar-refractivity contribution in [3.8, 4) is 0 Å². The third kappa shape index (κ3) is 6.07. The SMILES string of the molecule is C[C@H](OC(=O)C[C@H](C)c1ccccc1)C(=O)Nc1cc(Cl)cc(Cl)c1. The average molecular weight is 380 g/mol. The Hall–Kier alpha value is -2.04. The lowest BCUT2D eigenvalue weighted by Gasteiger charge is -2.16. The number of hydrogen-bond acceptors (Lipinski definition) is 3. The fourth-order valence-electron chi connectivity index (χ4n) is 2.32. The molecule has 0 heterocycles. The predicted octanol–water partition coefficient (Wildman–Crippen LogP) is 5.06. The molecule has 1 N–H and O–H groups in total. The van der Waals surface area contributed by atoms with E-state index in [9.17, 15) is 9.59 Å². The third-order valence-corrected chi connectivity index (χ3v) is 4.09. The van der Waals surface area contributed by atoms with Gasteiger partial charge in [-0.3, -0.25) is 9.59 Å². The highest BCUT2D eigenvalue weighted by atomic mass is 35.5. The van der Waals surface area contributed by atoms with Crippen LogP contribution in [0.3, 0.4) is 0 Å². The van der Waals surface area contributed by atoms with Crippen molar-refractivity contribution < 1.29 is 14.3 Å². The van der Waals surface area contributed by atoms with E-state index < -0.39 is 18.0 Å². The number of carbonyl (C=O) groups is 2. The van der Waals surface area contributed by atoms with E-state index in [0.717, 1.165) is 5.56 Å². The second-order valence-electron chi connectivity index (χ2n) is 5.80. The zero-order valence-electron chi connectivity index (χ0n) is 14.0. The lowest BCUT2D eigenvalue weighted by Crippen LogP contribution is -2.30. The molecule has 25 heavy (non-hydrogen) atoms. The summed E-state index contributed by atoms with van der Waals surface area (Å²) in [6, 6.07) is 14.4. The van der Waals surface area contributed by atoms with Crippen LogP contribution in [0.5, 0.6) is 0 Å². The van der Waals surface area contributed by atoms with Gasteiger partial charge in [0, 0.05) is 15.7 Å². The molecule has 4 nitrogen and oxygen atoms in total. The van der Waals surface area contributed by atoms with Crippen LogP contribution < -0.4 is 5.32 Å². The molecule has 6 heteroatoms. The third-order valence-electron chi connectivity index (χ3n) is 3.65. The van der Waals surface area contributed by atoms with Gasteiger partial charge in [0.15, 0.2) is 6.10 Å². The van der Waals surface area contributed by atoms with E-state index >= 15 is 0 Å². The van der Waals surface area contributed by atoms with Gasteiger partial charge in [0.2, 0.25) is 0 Å². The normalized spacial score (nSPS) is 13.0. The van der Waals surface area contributed by atoms with Crippen molar-refractivity contribution in [1.82, 2.24) is 0 Å². The first kappa shape index (κ1) is 19.3. The Kier molecular flexibility index (Phi) is 6.85. The first-order chi connectivity index (χ1) is 11.8. The minimum absolute atomic E-state index is 0.00991. The molecule has 0 aliphatic heterocycles. The van der Waals surface area contributed by atoms with E-state index in [1.54, 1.807) is 18.2 Å². The molecule has 0 fully saturated rings. The Labute approximate surface area is 157 Å². The van der Waals surface area contributed by atoms with Crippen molar-refractivity contribution in [3.63, 3.8) is 0 Å². The summed E-state index contributed by atoms with van der Waals surface area (Å²) in [5.74, 6) is -0.863. The van der Waals surface area contributed by atoms with Crippen LogP contribution in [0, 0.1) is 0 Å². The molecule has 0 aliphatic carbocycles. The summed E-state index contributed by atoms with van der Waals surface area (Å²) in [7, 11) is 0. The molecule has 0 radical (unpaired) electrons. The van der Waals surface area contributed by atoms with E-state index in [-0.39, 0.29) is 12.3 Å². The summed E-state index contributed by atoms with van der Waals surface area (Å²) in [5, 5.41) is 3.44. The minimum Gasteiger partial charge on any atom is -0.453 e. The molecule has 0 unspecified atom stereocenters. The van der Waals surface area contributed by atoms with Gasteiger partial charge in [-0.25, -0.2) is 0 Å². The van der Waals surface area contributed by atoms with Crippen molar-refractivity contribution in [2.24, 2.45) is 0 Å². The van der Waals surface area contributed by atoms with Gasteiger partial charge in [0.05, 0.1) is 6.42 Å². The van der Waals surface area contributed by atoms with Crippen LogP contribution in [-0.4, -0.2) is 18.0 Å². The average Bonchev–Trinajstić information content (AvgIpc) is 2.54. The first-order valence-electron chi connectivity index (χ1n) is 7.86. The molecule has 0 aromatic heterocycles. The number of rotatable bonds is 6. The Balaban J connectivity index is 1.88. The standard InChI is InChI=1S/C19H19Cl2NO3/c1-12(14-6-4-3-5-7-14)8-18(23)25-13(2)19(24)22-17-10-15(20)9-16(21)11-17/h3-7,9-13H,8H2,1-2H3,(H,22,24)/t12-,13-/m0/s1. The topological polar surface area (TPSA) is 55.4 Å². The van der Waals surface area contributed by atoms with Crippen molar-refractivity contribution in [2.45, 2.75) is 32.3 Å². The lowest BCUT2D eigenvalue weighted by molar-refractivity contribution is -0.153. The number of esters is 1. The molecule has 0 bridgehead atoms. The van der Waals surface area contributed by atoms with Crippen LogP contribution in [-0.2, 0) is 14.3 Å². The number of anilines is 1. The lowest BCUT2D eigenvalue weighted by atomic mass is 9.98. The number of halogens is 2. The van der Waals surface area contributed by atoms with E-state index in [0.29, 0.717) is 15.7 Å². The van der Waals surface area contributed by atoms with Crippen molar-refractivity contribution >= 4 is 40.8 Å². The number of ether oxygens (including phenoxy) is 1. The zero-order chi connectivity index (χ0) is 18.4. The van der Waals surface area contributed by atoms with Crippen LogP contribution >= 0.6 is 23.2 Å². The fourth-order valence-corrected chi connectivity index (χ4v) is 2.84. The van der Waals surface area contributed by atoms with Crippen LogP contribution in [0.25, 0.3) is 0 Å². The number of hydrogen-bond donors (Lipinski definition) is 1. The summed E-state index contributed by atoms with van der Waals surface area (Å²) < 4.78 is 5.22. The van der Waals surface area contributed by atoms with Crippen molar-refractivity contribution in [1.29, 1.82) is 0 Å². The zero-order valence-corrected chi connectivity index (χ0v) is 15.5. The highest BCUT2D eigenvalue weighted by molar-refractivity contribution is 6.35. The van der Waals surface area contributed by atoms with Gasteiger partial charge in [-0.2, -0.15) is 0 Å². The summed E-state index contributed by atoms with van der Waals surface area (Å²) in [4.78, 5) is 24.2. The van der Waals surface area contributed by atoms with E-state index in [1.807, 2.05) is 37.3 Å². The van der Waals surface area contributed by atoms with Gasteiger partial charge in [-0.1, -0.05) is 60.5 Å². The number of benzene rings is 2. The number of carbonyl (C=O) groups excluding carboxylic acids is 2. The van der Waals surface area contributed by atoms with Crippen LogP contribution in [0.1, 0.15) is 31.7 Å². The summed E-state index contributed by atoms with van der Waals surface area (Å²) >= 11 is 11.8. The van der Waals surface area contributed by atoms with E-state index in [4.69, 9.17) is 27.9 Å². The number of amides is 1. The Bertz CT molecular complexity index is 729. The minimum atomic E-state index is -0.923. The molecule has 0 saturated heterocycles. The summed E-state index contributed by atoms with van der Waals surface area (Å²) in [6.07, 6.45) is -0.724. The molecular formula is C19H19Cl2NO3. The van der Waals surface area contributed by atoms with Crippen LogP contribution in [0.15, 0.2) is 48.5 Å². The monoisotopic (exact) mass is 379 g/mol. The van der Waals surface area contributed by atoms with Gasteiger partial charge in [-0.15, -0.1) is 0 Å². The molecule has 0 aliphatic rings. The Morgan fingerprint density at radius 2 is 1.64 bits per heavy atom. The first-order valence-corrected chi connectivity index (χ1v) is 8.62. The molecule has 2 aromatic rings. The van der Waals surface area contributed by atoms with E-state index in [2.05, 4.69) is 5.32 Å². The molecule has 0 saturated carbocycles. The molecule has 132 valence electrons. The molecule has 2 rings (SSSR count). The van der Waals surface area contributed by atoms with Gasteiger partial charge in [0.1, 0.15) is 0 Å². The molecule has 2 aromatic carbocycles. The van der Waals surface area contributed by atoms with Crippen molar-refractivity contribution in [3.05, 3.63) is 64.1 Å². The van der Waals surface area contributed by atoms with Gasteiger partial charge >= 0.3 is 5.97 Å². The maximum Gasteiger partial charge on any atom is 0.307 e. The molecular weight excluding hydrogens is 361 g/mol. The maximum absolute atomic E-state index is 12.2. The fraction of sp³-hybridized carbons (Fsp3) is 0.263. The molecule has 0 spiro atoms. The number of nitrogens with one attached hydrogen (secondary N) is 1. The highest BCUT2D eigenvalue weighted by Gasteiger charge is 2.20. The molecule has 1 amide bonds. The van der Waals surface area contributed by atoms with Gasteiger partial charge in [-0.05, 0) is 36.6 Å². The predicted molar refractivity (Wildman–Crippen MR) is 100 cm³/mol. The van der Waals surface area contributed by atoms with E-state index in [1.165, 1.54) is 6.92 Å². The maximum atomic E-state index is 12.2. The van der Waals surface area contributed by atoms with Gasteiger partial charge < -0.3 is 10.1 Å². The second-order valence-corrected chi connectivity index (χ2v) is 6.67. The van der Waals surface area contributed by atoms with Crippen LogP contribution in [0.4, 0.5) is 5.69 Å². The molecule has 2 atom stereocenters. The van der Waals surface area contributed by atoms with Crippen molar-refractivity contribution in [2.75, 3.05) is 5.32 Å². The smallest absolute Gasteiger partial charge is 0.307 e. The highest BCUT2D eigenvalue weighted by Crippen LogP contribution is 2.23. The Morgan fingerprint density at radius 3 is 2.24 bits per heavy atom. The summed E-state index contributed by atoms with van der Waals surface area (Å²) in [6.45, 7) is 3.46. The Morgan fingerprint density at radius 1 is 1.04 bits per heavy atom. The quantitative estimate of drug-likeness (QED) is 0.713. The largest absolute Gasteiger partial charge is 0.453 e. The van der Waals surface area contributed by atoms with Crippen LogP contribution in [0.2, 0.25) is 10.0 Å². The summed E-state index contributed by atoms with van der Waals surface area (Å²) in [5.41, 5.74) is 1.49. The second kappa shape index (κ2) is 8.88.